The summed E-state index contributed by atoms with van der Waals surface area (Å²) in [6.45, 7) is 2.15. The van der Waals surface area contributed by atoms with E-state index in [-0.39, 0.29) is 5.56 Å². The van der Waals surface area contributed by atoms with E-state index < -0.39 is 6.17 Å². The summed E-state index contributed by atoms with van der Waals surface area (Å²) in [5, 5.41) is 6.95. The maximum Gasteiger partial charge on any atom is 0.257 e. The SMILES string of the molecule is Cc1cc(=O)n2c(n1)NC(=NCc1ccco1)NC2c1ccc(Cl)cc1. The molecule has 26 heavy (non-hydrogen) atoms. The monoisotopic (exact) mass is 369 g/mol. The molecule has 0 radical (unpaired) electrons. The summed E-state index contributed by atoms with van der Waals surface area (Å²) in [6, 6.07) is 12.5. The molecule has 4 rings (SSSR count). The van der Waals surface area contributed by atoms with Crippen molar-refractivity contribution in [3.05, 3.63) is 81.1 Å². The fraction of sp³-hybridized carbons (Fsp3) is 0.167. The van der Waals surface area contributed by atoms with E-state index in [0.29, 0.717) is 29.2 Å². The van der Waals surface area contributed by atoms with Gasteiger partial charge in [0.25, 0.3) is 5.56 Å². The Kier molecular flexibility index (Phi) is 4.22. The first kappa shape index (κ1) is 16.4. The van der Waals surface area contributed by atoms with Crippen molar-refractivity contribution in [1.29, 1.82) is 0 Å². The molecule has 0 bridgehead atoms. The number of anilines is 1. The Hall–Kier alpha value is -3.06. The van der Waals surface area contributed by atoms with E-state index in [0.717, 1.165) is 11.3 Å². The zero-order valence-corrected chi connectivity index (χ0v) is 14.7. The number of rotatable bonds is 3. The number of nitrogens with one attached hydrogen (secondary N) is 2. The highest BCUT2D eigenvalue weighted by Crippen LogP contribution is 2.23. The van der Waals surface area contributed by atoms with Gasteiger partial charge in [0.1, 0.15) is 18.5 Å². The van der Waals surface area contributed by atoms with Crippen LogP contribution in [0.1, 0.15) is 23.2 Å². The van der Waals surface area contributed by atoms with Gasteiger partial charge in [-0.15, -0.1) is 0 Å². The Balaban J connectivity index is 1.75. The second kappa shape index (κ2) is 6.68. The van der Waals surface area contributed by atoms with Crippen molar-refractivity contribution < 1.29 is 4.42 Å². The fourth-order valence-corrected chi connectivity index (χ4v) is 2.93. The number of aliphatic imine (C=N–C) groups is 1. The van der Waals surface area contributed by atoms with Crippen molar-refractivity contribution in [1.82, 2.24) is 14.9 Å². The second-order valence-electron chi connectivity index (χ2n) is 5.90. The molecule has 132 valence electrons. The molecular formula is C18H16ClN5O2. The van der Waals surface area contributed by atoms with Gasteiger partial charge in [-0.25, -0.2) is 9.98 Å². The van der Waals surface area contributed by atoms with Crippen molar-refractivity contribution >= 4 is 23.5 Å². The van der Waals surface area contributed by atoms with Crippen LogP contribution in [0.3, 0.4) is 0 Å². The van der Waals surface area contributed by atoms with Gasteiger partial charge < -0.3 is 9.73 Å². The standard InChI is InChI=1S/C18H16ClN5O2/c1-11-9-15(25)24-16(12-4-6-13(19)7-5-12)22-17(23-18(24)21-11)20-10-14-3-2-8-26-14/h2-9,16H,10H2,1H3,(H2,20,21,22,23). The number of aromatic nitrogens is 2. The molecule has 3 heterocycles. The summed E-state index contributed by atoms with van der Waals surface area (Å²) >= 11 is 5.99. The summed E-state index contributed by atoms with van der Waals surface area (Å²) < 4.78 is 6.87. The molecule has 3 aromatic rings. The summed E-state index contributed by atoms with van der Waals surface area (Å²) in [6.07, 6.45) is 1.16. The number of hydrogen-bond donors (Lipinski definition) is 2. The van der Waals surface area contributed by atoms with Crippen LogP contribution in [0.4, 0.5) is 5.95 Å². The molecule has 0 amide bonds. The van der Waals surface area contributed by atoms with Crippen LogP contribution in [0.15, 0.2) is 62.9 Å². The molecule has 1 aromatic carbocycles. The molecule has 1 unspecified atom stereocenters. The average molecular weight is 370 g/mol. The Morgan fingerprint density at radius 2 is 2.12 bits per heavy atom. The van der Waals surface area contributed by atoms with Crippen LogP contribution >= 0.6 is 11.6 Å². The summed E-state index contributed by atoms with van der Waals surface area (Å²) in [5.41, 5.74) is 1.35. The predicted molar refractivity (Wildman–Crippen MR) is 99.4 cm³/mol. The number of halogens is 1. The zero-order valence-electron chi connectivity index (χ0n) is 13.9. The highest BCUT2D eigenvalue weighted by Gasteiger charge is 2.26. The molecule has 2 aromatic heterocycles. The van der Waals surface area contributed by atoms with Gasteiger partial charge >= 0.3 is 0 Å². The predicted octanol–water partition coefficient (Wildman–Crippen LogP) is 2.92. The molecule has 0 saturated heterocycles. The molecular weight excluding hydrogens is 354 g/mol. The second-order valence-corrected chi connectivity index (χ2v) is 6.33. The van der Waals surface area contributed by atoms with E-state index in [2.05, 4.69) is 20.6 Å². The number of aryl methyl sites for hydroxylation is 1. The third-order valence-corrected chi connectivity index (χ3v) is 4.25. The van der Waals surface area contributed by atoms with E-state index in [4.69, 9.17) is 16.0 Å². The first-order chi connectivity index (χ1) is 12.6. The van der Waals surface area contributed by atoms with Crippen LogP contribution in [0.5, 0.6) is 0 Å². The topological polar surface area (TPSA) is 84.5 Å². The van der Waals surface area contributed by atoms with Crippen molar-refractivity contribution in [2.75, 3.05) is 5.32 Å². The van der Waals surface area contributed by atoms with Crippen molar-refractivity contribution in [2.24, 2.45) is 4.99 Å². The van der Waals surface area contributed by atoms with Gasteiger partial charge in [0.15, 0.2) is 5.96 Å². The van der Waals surface area contributed by atoms with E-state index in [1.807, 2.05) is 24.3 Å². The third-order valence-electron chi connectivity index (χ3n) is 4.00. The molecule has 0 saturated carbocycles. The average Bonchev–Trinajstić information content (AvgIpc) is 3.13. The number of fused-ring (bicyclic) bond motifs is 1. The molecule has 8 heteroatoms. The van der Waals surface area contributed by atoms with Gasteiger partial charge in [-0.3, -0.25) is 14.7 Å². The van der Waals surface area contributed by atoms with Crippen LogP contribution < -0.4 is 16.2 Å². The minimum atomic E-state index is -0.445. The van der Waals surface area contributed by atoms with Gasteiger partial charge in [-0.05, 0) is 36.8 Å². The Bertz CT molecular complexity index is 1010. The number of benzene rings is 1. The molecule has 1 aliphatic rings. The molecule has 0 fully saturated rings. The van der Waals surface area contributed by atoms with Crippen molar-refractivity contribution in [2.45, 2.75) is 19.6 Å². The van der Waals surface area contributed by atoms with E-state index in [1.165, 1.54) is 6.07 Å². The smallest absolute Gasteiger partial charge is 0.257 e. The minimum Gasteiger partial charge on any atom is -0.467 e. The first-order valence-corrected chi connectivity index (χ1v) is 8.44. The number of guanidine groups is 1. The van der Waals surface area contributed by atoms with Crippen LogP contribution in [-0.4, -0.2) is 15.5 Å². The normalized spacial score (nSPS) is 17.5. The summed E-state index contributed by atoms with van der Waals surface area (Å²) in [4.78, 5) is 21.5. The summed E-state index contributed by atoms with van der Waals surface area (Å²) in [5.74, 6) is 1.69. The highest BCUT2D eigenvalue weighted by atomic mass is 35.5. The van der Waals surface area contributed by atoms with Crippen LogP contribution in [0.2, 0.25) is 5.02 Å². The van der Waals surface area contributed by atoms with Gasteiger partial charge in [-0.2, -0.15) is 0 Å². The fourth-order valence-electron chi connectivity index (χ4n) is 2.80. The Labute approximate surface area is 154 Å². The largest absolute Gasteiger partial charge is 0.467 e. The third kappa shape index (κ3) is 3.21. The lowest BCUT2D eigenvalue weighted by atomic mass is 10.1. The quantitative estimate of drug-likeness (QED) is 0.741. The van der Waals surface area contributed by atoms with Gasteiger partial charge in [-0.1, -0.05) is 23.7 Å². The zero-order chi connectivity index (χ0) is 18.1. The maximum atomic E-state index is 12.5. The van der Waals surface area contributed by atoms with E-state index in [9.17, 15) is 4.79 Å². The maximum absolute atomic E-state index is 12.5. The van der Waals surface area contributed by atoms with Gasteiger partial charge in [0.05, 0.1) is 6.26 Å². The van der Waals surface area contributed by atoms with Crippen LogP contribution in [0.25, 0.3) is 0 Å². The van der Waals surface area contributed by atoms with E-state index >= 15 is 0 Å². The minimum absolute atomic E-state index is 0.155. The molecule has 7 nitrogen and oxygen atoms in total. The van der Waals surface area contributed by atoms with Gasteiger partial charge in [0, 0.05) is 16.8 Å². The molecule has 1 atom stereocenters. The first-order valence-electron chi connectivity index (χ1n) is 8.06. The van der Waals surface area contributed by atoms with E-state index in [1.54, 1.807) is 29.9 Å². The molecule has 0 spiro atoms. The Morgan fingerprint density at radius 1 is 1.31 bits per heavy atom. The molecule has 2 N–H and O–H groups in total. The number of nitrogens with zero attached hydrogens (tertiary/aromatic N) is 3. The van der Waals surface area contributed by atoms with Crippen molar-refractivity contribution in [3.8, 4) is 0 Å². The lowest BCUT2D eigenvalue weighted by Crippen LogP contribution is -2.48. The highest BCUT2D eigenvalue weighted by molar-refractivity contribution is 6.30. The number of furan rings is 1. The summed E-state index contributed by atoms with van der Waals surface area (Å²) in [7, 11) is 0. The van der Waals surface area contributed by atoms with Crippen LogP contribution in [0, 0.1) is 6.92 Å². The van der Waals surface area contributed by atoms with Gasteiger partial charge in [0.2, 0.25) is 5.95 Å². The van der Waals surface area contributed by atoms with Crippen LogP contribution in [-0.2, 0) is 6.54 Å². The number of hydrogen-bond acceptors (Lipinski definition) is 4. The lowest BCUT2D eigenvalue weighted by Gasteiger charge is -2.31. The Morgan fingerprint density at radius 3 is 2.85 bits per heavy atom. The van der Waals surface area contributed by atoms with Crippen molar-refractivity contribution in [3.63, 3.8) is 0 Å². The lowest BCUT2D eigenvalue weighted by molar-refractivity contribution is 0.502. The molecule has 0 aliphatic carbocycles. The molecule has 1 aliphatic heterocycles.